The summed E-state index contributed by atoms with van der Waals surface area (Å²) in [5, 5.41) is 62.9. The fourth-order valence-corrected chi connectivity index (χ4v) is 2.35. The summed E-state index contributed by atoms with van der Waals surface area (Å²) in [5.41, 5.74) is -7.73. The lowest BCUT2D eigenvalue weighted by molar-refractivity contribution is -0.423. The summed E-state index contributed by atoms with van der Waals surface area (Å²) in [5.74, 6) is -2.81. The Kier molecular flexibility index (Phi) is 8.22. The van der Waals surface area contributed by atoms with Gasteiger partial charge >= 0.3 is 0 Å². The molecule has 0 aromatic rings. The van der Waals surface area contributed by atoms with Crippen molar-refractivity contribution in [2.24, 2.45) is 0 Å². The van der Waals surface area contributed by atoms with Gasteiger partial charge in [-0.05, 0) is 41.5 Å². The Labute approximate surface area is 142 Å². The Morgan fingerprint density at radius 3 is 1.50 bits per heavy atom. The van der Waals surface area contributed by atoms with Crippen LogP contribution >= 0.6 is 0 Å². The molecule has 0 heterocycles. The zero-order valence-electron chi connectivity index (χ0n) is 15.2. The predicted octanol–water partition coefficient (Wildman–Crippen LogP) is -1.33. The van der Waals surface area contributed by atoms with E-state index >= 15 is 0 Å². The molecule has 0 radical (unpaired) electrons. The summed E-state index contributed by atoms with van der Waals surface area (Å²) in [4.78, 5) is 0. The first-order valence-corrected chi connectivity index (χ1v) is 7.90. The SMILES string of the molecule is CCOC(O)[C@](C)(O)[C@@](C)(O)[C@](C)(O)[C@@](O)(OCC)C(O)OCC. The molecule has 0 amide bonds. The van der Waals surface area contributed by atoms with Gasteiger partial charge in [-0.3, -0.25) is 0 Å². The lowest BCUT2D eigenvalue weighted by Crippen LogP contribution is -2.78. The molecule has 0 rings (SSSR count). The average Bonchev–Trinajstić information content (AvgIpc) is 2.47. The molecule has 2 unspecified atom stereocenters. The van der Waals surface area contributed by atoms with E-state index < -0.39 is 35.2 Å². The molecule has 0 aromatic heterocycles. The van der Waals surface area contributed by atoms with Gasteiger partial charge in [-0.1, -0.05) is 0 Å². The van der Waals surface area contributed by atoms with E-state index in [4.69, 9.17) is 14.2 Å². The molecule has 0 aliphatic heterocycles. The molecule has 0 bridgehead atoms. The van der Waals surface area contributed by atoms with Crippen LogP contribution in [-0.2, 0) is 14.2 Å². The number of hydrogen-bond donors (Lipinski definition) is 6. The molecule has 6 N–H and O–H groups in total. The first-order chi connectivity index (χ1) is 10.8. The molecule has 0 aliphatic rings. The molecule has 6 atom stereocenters. The first kappa shape index (κ1) is 23.6. The normalized spacial score (nSPS) is 25.0. The van der Waals surface area contributed by atoms with Crippen molar-refractivity contribution in [3.05, 3.63) is 0 Å². The van der Waals surface area contributed by atoms with Crippen LogP contribution in [0.5, 0.6) is 0 Å². The Morgan fingerprint density at radius 1 is 0.708 bits per heavy atom. The Hall–Kier alpha value is -0.360. The van der Waals surface area contributed by atoms with Crippen LogP contribution in [0, 0.1) is 0 Å². The standard InChI is InChI=1S/C15H32O9/c1-7-22-10(16)12(4,18)13(5,19)14(6,20)15(21,24-9-3)11(17)23-8-2/h10-11,16-21H,7-9H2,1-6H3/t10?,11?,12-,13+,14-,15-/m0/s1. The number of hydrogen-bond acceptors (Lipinski definition) is 9. The van der Waals surface area contributed by atoms with Crippen molar-refractivity contribution in [3.8, 4) is 0 Å². The quantitative estimate of drug-likeness (QED) is 0.248. The third-order valence-electron chi connectivity index (χ3n) is 4.46. The molecular weight excluding hydrogens is 324 g/mol. The summed E-state index contributed by atoms with van der Waals surface area (Å²) in [7, 11) is 0. The molecule has 0 saturated heterocycles. The largest absolute Gasteiger partial charge is 0.384 e. The maximum atomic E-state index is 10.9. The highest BCUT2D eigenvalue weighted by Crippen LogP contribution is 2.43. The lowest BCUT2D eigenvalue weighted by atomic mass is 9.68. The van der Waals surface area contributed by atoms with E-state index in [-0.39, 0.29) is 19.8 Å². The van der Waals surface area contributed by atoms with Crippen LogP contribution in [0.25, 0.3) is 0 Å². The molecular formula is C15H32O9. The Morgan fingerprint density at radius 2 is 1.12 bits per heavy atom. The topological polar surface area (TPSA) is 149 Å². The van der Waals surface area contributed by atoms with Crippen LogP contribution in [0.2, 0.25) is 0 Å². The number of ether oxygens (including phenoxy) is 3. The smallest absolute Gasteiger partial charge is 0.250 e. The van der Waals surface area contributed by atoms with E-state index in [1.165, 1.54) is 13.8 Å². The Bertz CT molecular complexity index is 383. The third-order valence-corrected chi connectivity index (χ3v) is 4.46. The maximum absolute atomic E-state index is 10.9. The van der Waals surface area contributed by atoms with E-state index in [9.17, 15) is 30.6 Å². The van der Waals surface area contributed by atoms with E-state index in [1.807, 2.05) is 0 Å². The molecule has 0 aromatic carbocycles. The predicted molar refractivity (Wildman–Crippen MR) is 83.7 cm³/mol. The summed E-state index contributed by atoms with van der Waals surface area (Å²) < 4.78 is 14.8. The molecule has 9 heteroatoms. The molecule has 0 aliphatic carbocycles. The van der Waals surface area contributed by atoms with Gasteiger partial charge in [0.1, 0.15) is 11.2 Å². The van der Waals surface area contributed by atoms with Gasteiger partial charge in [-0.2, -0.15) is 0 Å². The van der Waals surface area contributed by atoms with Crippen LogP contribution in [0.15, 0.2) is 0 Å². The van der Waals surface area contributed by atoms with E-state index in [0.717, 1.165) is 20.8 Å². The zero-order valence-corrected chi connectivity index (χ0v) is 15.2. The van der Waals surface area contributed by atoms with Gasteiger partial charge in [-0.25, -0.2) is 0 Å². The molecule has 9 nitrogen and oxygen atoms in total. The molecule has 0 saturated carbocycles. The lowest BCUT2D eigenvalue weighted by Gasteiger charge is -2.54. The minimum atomic E-state index is -2.81. The van der Waals surface area contributed by atoms with Crippen LogP contribution in [0.4, 0.5) is 0 Å². The summed E-state index contributed by atoms with van der Waals surface area (Å²) >= 11 is 0. The van der Waals surface area contributed by atoms with E-state index in [2.05, 4.69) is 0 Å². The highest BCUT2D eigenvalue weighted by atomic mass is 16.7. The van der Waals surface area contributed by atoms with Crippen molar-refractivity contribution in [3.63, 3.8) is 0 Å². The second-order valence-corrected chi connectivity index (χ2v) is 6.04. The molecule has 146 valence electrons. The van der Waals surface area contributed by atoms with E-state index in [1.54, 1.807) is 6.92 Å². The molecule has 0 spiro atoms. The molecule has 24 heavy (non-hydrogen) atoms. The van der Waals surface area contributed by atoms with Crippen LogP contribution in [-0.4, -0.2) is 85.6 Å². The van der Waals surface area contributed by atoms with Gasteiger partial charge in [0.25, 0.3) is 5.79 Å². The number of aliphatic hydroxyl groups is 6. The van der Waals surface area contributed by atoms with Gasteiger partial charge < -0.3 is 44.8 Å². The zero-order chi connectivity index (χ0) is 19.4. The van der Waals surface area contributed by atoms with Crippen molar-refractivity contribution in [1.82, 2.24) is 0 Å². The van der Waals surface area contributed by atoms with Gasteiger partial charge in [-0.15, -0.1) is 0 Å². The highest BCUT2D eigenvalue weighted by Gasteiger charge is 2.69. The summed E-state index contributed by atoms with van der Waals surface area (Å²) in [6.45, 7) is 7.36. The van der Waals surface area contributed by atoms with Gasteiger partial charge in [0, 0.05) is 19.8 Å². The van der Waals surface area contributed by atoms with Crippen LogP contribution in [0.1, 0.15) is 41.5 Å². The summed E-state index contributed by atoms with van der Waals surface area (Å²) in [6.07, 6.45) is -3.93. The fourth-order valence-electron chi connectivity index (χ4n) is 2.35. The van der Waals surface area contributed by atoms with Gasteiger partial charge in [0.2, 0.25) is 6.29 Å². The Balaban J connectivity index is 6.01. The monoisotopic (exact) mass is 356 g/mol. The van der Waals surface area contributed by atoms with Crippen LogP contribution < -0.4 is 0 Å². The number of rotatable bonds is 11. The highest BCUT2D eigenvalue weighted by molar-refractivity contribution is 5.13. The fraction of sp³-hybridized carbons (Fsp3) is 1.00. The van der Waals surface area contributed by atoms with Crippen molar-refractivity contribution in [1.29, 1.82) is 0 Å². The van der Waals surface area contributed by atoms with Gasteiger partial charge in [0.15, 0.2) is 11.9 Å². The second kappa shape index (κ2) is 8.35. The minimum Gasteiger partial charge on any atom is -0.384 e. The van der Waals surface area contributed by atoms with Crippen molar-refractivity contribution < 1.29 is 44.8 Å². The maximum Gasteiger partial charge on any atom is 0.250 e. The van der Waals surface area contributed by atoms with Crippen molar-refractivity contribution in [2.45, 2.75) is 76.7 Å². The van der Waals surface area contributed by atoms with Gasteiger partial charge in [0.05, 0.1) is 0 Å². The van der Waals surface area contributed by atoms with Crippen molar-refractivity contribution in [2.75, 3.05) is 19.8 Å². The van der Waals surface area contributed by atoms with Crippen LogP contribution in [0.3, 0.4) is 0 Å². The summed E-state index contributed by atoms with van der Waals surface area (Å²) in [6, 6.07) is 0. The van der Waals surface area contributed by atoms with E-state index in [0.29, 0.717) is 0 Å². The second-order valence-electron chi connectivity index (χ2n) is 6.04. The van der Waals surface area contributed by atoms with Crippen molar-refractivity contribution >= 4 is 0 Å². The molecule has 0 fully saturated rings. The first-order valence-electron chi connectivity index (χ1n) is 7.90. The minimum absolute atomic E-state index is 0.0207. The average molecular weight is 356 g/mol. The third kappa shape index (κ3) is 3.90. The number of aliphatic hydroxyl groups excluding tert-OH is 2.